The third-order valence-corrected chi connectivity index (χ3v) is 4.59. The van der Waals surface area contributed by atoms with E-state index >= 15 is 0 Å². The van der Waals surface area contributed by atoms with Gasteiger partial charge in [-0.15, -0.1) is 0 Å². The highest BCUT2D eigenvalue weighted by atomic mass is 32.2. The van der Waals surface area contributed by atoms with Crippen LogP contribution in [0.5, 0.6) is 0 Å². The minimum absolute atomic E-state index is 0.00441. The van der Waals surface area contributed by atoms with Gasteiger partial charge in [0.25, 0.3) is 10.9 Å². The Hall–Kier alpha value is -1.48. The van der Waals surface area contributed by atoms with Crippen LogP contribution in [-0.4, -0.2) is 15.8 Å². The lowest BCUT2D eigenvalue weighted by Gasteiger charge is -2.23. The fraction of sp³-hybridized carbons (Fsp3) is 0.364. The molecule has 1 aromatic heterocycles. The SMILES string of the molecule is N=c1n2c3c(cc(C(F)(F)F)cc3[s+]1F)[C@H](O)[C@H](F)C2. The molecular weight excluding hydrogens is 303 g/mol. The number of benzene rings is 1. The molecule has 2 N–H and O–H groups in total. The van der Waals surface area contributed by atoms with Crippen molar-refractivity contribution in [3.8, 4) is 0 Å². The second-order valence-corrected chi connectivity index (χ2v) is 5.88. The molecule has 20 heavy (non-hydrogen) atoms. The lowest BCUT2D eigenvalue weighted by atomic mass is 9.98. The molecule has 0 aliphatic carbocycles. The van der Waals surface area contributed by atoms with Gasteiger partial charge >= 0.3 is 11.0 Å². The predicted octanol–water partition coefficient (Wildman–Crippen LogP) is 3.01. The predicted molar refractivity (Wildman–Crippen MR) is 61.6 cm³/mol. The van der Waals surface area contributed by atoms with Gasteiger partial charge in [0, 0.05) is 11.6 Å². The van der Waals surface area contributed by atoms with Crippen LogP contribution in [0.25, 0.3) is 10.2 Å². The highest BCUT2D eigenvalue weighted by Gasteiger charge is 2.40. The molecule has 1 aliphatic heterocycles. The Morgan fingerprint density at radius 2 is 2.00 bits per heavy atom. The van der Waals surface area contributed by atoms with Crippen LogP contribution in [0.3, 0.4) is 0 Å². The Labute approximate surface area is 111 Å². The Balaban J connectivity index is 2.46. The maximum Gasteiger partial charge on any atom is 0.416 e. The number of aromatic nitrogens is 1. The molecule has 9 heteroatoms. The average molecular weight is 311 g/mol. The lowest BCUT2D eigenvalue weighted by Crippen LogP contribution is -2.30. The Bertz CT molecular complexity index is 763. The van der Waals surface area contributed by atoms with E-state index in [2.05, 4.69) is 0 Å². The zero-order valence-electron chi connectivity index (χ0n) is 9.71. The number of hydrogen-bond acceptors (Lipinski definition) is 2. The first-order chi connectivity index (χ1) is 9.21. The smallest absolute Gasteiger partial charge is 0.385 e. The van der Waals surface area contributed by atoms with Crippen molar-refractivity contribution < 1.29 is 26.6 Å². The summed E-state index contributed by atoms with van der Waals surface area (Å²) in [7, 11) is -2.34. The topological polar surface area (TPSA) is 49.0 Å². The summed E-state index contributed by atoms with van der Waals surface area (Å²) >= 11 is 0. The number of rotatable bonds is 0. The highest BCUT2D eigenvalue weighted by molar-refractivity contribution is 7.29. The van der Waals surface area contributed by atoms with Crippen molar-refractivity contribution >= 4 is 21.1 Å². The summed E-state index contributed by atoms with van der Waals surface area (Å²) in [6, 6.07) is 1.25. The number of aliphatic hydroxyl groups excluding tert-OH is 1. The van der Waals surface area contributed by atoms with Gasteiger partial charge in [0.2, 0.25) is 4.70 Å². The van der Waals surface area contributed by atoms with Crippen molar-refractivity contribution in [2.75, 3.05) is 0 Å². The van der Waals surface area contributed by atoms with E-state index in [0.29, 0.717) is 12.1 Å². The molecule has 108 valence electrons. The van der Waals surface area contributed by atoms with Crippen LogP contribution in [0, 0.1) is 5.41 Å². The number of nitrogens with zero attached hydrogens (tertiary/aromatic N) is 1. The molecule has 0 fully saturated rings. The monoisotopic (exact) mass is 311 g/mol. The molecule has 3 rings (SSSR count). The van der Waals surface area contributed by atoms with E-state index in [4.69, 9.17) is 5.41 Å². The molecule has 0 amide bonds. The van der Waals surface area contributed by atoms with Crippen LogP contribution in [-0.2, 0) is 12.7 Å². The third-order valence-electron chi connectivity index (χ3n) is 3.33. The zero-order chi connectivity index (χ0) is 14.8. The maximum atomic E-state index is 14.0. The number of thiazole rings is 1. The van der Waals surface area contributed by atoms with Gasteiger partial charge in [-0.25, -0.2) is 9.80 Å². The second kappa shape index (κ2) is 4.01. The van der Waals surface area contributed by atoms with E-state index in [0.717, 1.165) is 4.57 Å². The van der Waals surface area contributed by atoms with E-state index in [9.17, 15) is 26.6 Å². The summed E-state index contributed by atoms with van der Waals surface area (Å²) in [5.74, 6) is 0. The van der Waals surface area contributed by atoms with Crippen molar-refractivity contribution in [3.63, 3.8) is 0 Å². The summed E-state index contributed by atoms with van der Waals surface area (Å²) in [6.07, 6.45) is -8.34. The van der Waals surface area contributed by atoms with Gasteiger partial charge in [0.15, 0.2) is 0 Å². The summed E-state index contributed by atoms with van der Waals surface area (Å²) in [5.41, 5.74) is -1.47. The third kappa shape index (κ3) is 1.69. The molecule has 1 aromatic carbocycles. The fourth-order valence-corrected chi connectivity index (χ4v) is 3.59. The molecule has 0 saturated carbocycles. The normalized spacial score (nSPS) is 23.4. The molecular formula is C11H8F5N2OS+. The van der Waals surface area contributed by atoms with E-state index in [1.807, 2.05) is 0 Å². The molecule has 0 saturated heterocycles. The van der Waals surface area contributed by atoms with Crippen molar-refractivity contribution in [1.29, 1.82) is 5.41 Å². The average Bonchev–Trinajstić information content (AvgIpc) is 2.60. The Morgan fingerprint density at radius 1 is 1.35 bits per heavy atom. The van der Waals surface area contributed by atoms with E-state index in [-0.39, 0.29) is 15.8 Å². The van der Waals surface area contributed by atoms with Gasteiger partial charge in [-0.3, -0.25) is 4.57 Å². The first-order valence-electron chi connectivity index (χ1n) is 5.55. The van der Waals surface area contributed by atoms with Gasteiger partial charge < -0.3 is 5.11 Å². The zero-order valence-corrected chi connectivity index (χ0v) is 10.5. The highest BCUT2D eigenvalue weighted by Crippen LogP contribution is 2.42. The number of aliphatic hydroxyl groups is 1. The summed E-state index contributed by atoms with van der Waals surface area (Å²) in [4.78, 5) is -0.574. The summed E-state index contributed by atoms with van der Waals surface area (Å²) in [6.45, 7) is -0.432. The number of halogens is 5. The minimum Gasteiger partial charge on any atom is -0.385 e. The minimum atomic E-state index is -4.73. The Kier molecular flexibility index (Phi) is 2.71. The van der Waals surface area contributed by atoms with Crippen LogP contribution in [0.4, 0.5) is 21.4 Å². The van der Waals surface area contributed by atoms with Gasteiger partial charge in [-0.05, 0) is 6.07 Å². The number of hydrogen-bond donors (Lipinski definition) is 2. The first-order valence-corrected chi connectivity index (χ1v) is 6.68. The van der Waals surface area contributed by atoms with Gasteiger partial charge in [-0.2, -0.15) is 13.2 Å². The number of alkyl halides is 4. The molecule has 0 spiro atoms. The van der Waals surface area contributed by atoms with Crippen molar-refractivity contribution in [3.05, 3.63) is 28.1 Å². The summed E-state index contributed by atoms with van der Waals surface area (Å²) in [5, 5.41) is 17.2. The van der Waals surface area contributed by atoms with Crippen LogP contribution in [0.2, 0.25) is 0 Å². The fourth-order valence-electron chi connectivity index (χ4n) is 2.39. The first kappa shape index (κ1) is 13.5. The van der Waals surface area contributed by atoms with Gasteiger partial charge in [-0.1, -0.05) is 0 Å². The van der Waals surface area contributed by atoms with Crippen LogP contribution in [0.15, 0.2) is 12.1 Å². The van der Waals surface area contributed by atoms with Crippen molar-refractivity contribution in [2.45, 2.75) is 25.0 Å². The van der Waals surface area contributed by atoms with Crippen molar-refractivity contribution in [2.24, 2.45) is 0 Å². The van der Waals surface area contributed by atoms with Crippen molar-refractivity contribution in [1.82, 2.24) is 4.57 Å². The van der Waals surface area contributed by atoms with Gasteiger partial charge in [0.1, 0.15) is 17.8 Å². The molecule has 2 heterocycles. The van der Waals surface area contributed by atoms with E-state index in [1.54, 1.807) is 0 Å². The quantitative estimate of drug-likeness (QED) is 0.570. The molecule has 0 radical (unpaired) electrons. The van der Waals surface area contributed by atoms with E-state index in [1.165, 1.54) is 0 Å². The Morgan fingerprint density at radius 3 is 2.60 bits per heavy atom. The van der Waals surface area contributed by atoms with Crippen LogP contribution < -0.4 is 4.80 Å². The van der Waals surface area contributed by atoms with Crippen LogP contribution >= 0.6 is 10.9 Å². The second-order valence-electron chi connectivity index (χ2n) is 4.54. The van der Waals surface area contributed by atoms with Crippen LogP contribution in [0.1, 0.15) is 17.2 Å². The molecule has 0 bridgehead atoms. The summed E-state index contributed by atoms with van der Waals surface area (Å²) < 4.78 is 66.6. The standard InChI is InChI=1S/C11H8F5N2OS/c12-6-3-18-8-5(9(6)19)1-4(11(13,14)15)2-7(8)20(16)10(18)17/h1-2,6,9,17,19H,3H2/q+1/t6-,9+,20?/m1/s1. The maximum absolute atomic E-state index is 14.0. The molecule has 1 unspecified atom stereocenters. The molecule has 1 aliphatic rings. The van der Waals surface area contributed by atoms with Gasteiger partial charge in [0.05, 0.1) is 16.0 Å². The molecule has 3 atom stereocenters. The number of nitrogens with one attached hydrogen (secondary N) is 1. The lowest BCUT2D eigenvalue weighted by molar-refractivity contribution is -0.137. The molecule has 3 nitrogen and oxygen atoms in total. The largest absolute Gasteiger partial charge is 0.416 e. The molecule has 2 aromatic rings. The van der Waals surface area contributed by atoms with E-state index < -0.39 is 46.2 Å².